The van der Waals surface area contributed by atoms with E-state index in [9.17, 15) is 9.18 Å². The molecule has 0 amide bonds. The Morgan fingerprint density at radius 3 is 2.52 bits per heavy atom. The van der Waals surface area contributed by atoms with Crippen LogP contribution in [0.5, 0.6) is 0 Å². The van der Waals surface area contributed by atoms with E-state index in [1.165, 1.54) is 23.5 Å². The van der Waals surface area contributed by atoms with Crippen LogP contribution in [0.3, 0.4) is 0 Å². The molecular weight excluding hydrogens is 337 g/mol. The molecule has 1 N–H and O–H groups in total. The third-order valence-electron chi connectivity index (χ3n) is 4.00. The predicted molar refractivity (Wildman–Crippen MR) is 98.3 cm³/mol. The Morgan fingerprint density at radius 1 is 1.04 bits per heavy atom. The second-order valence-electron chi connectivity index (χ2n) is 5.80. The zero-order chi connectivity index (χ0) is 17.6. The van der Waals surface area contributed by atoms with Crippen LogP contribution in [-0.4, -0.2) is 15.0 Å². The summed E-state index contributed by atoms with van der Waals surface area (Å²) in [7, 11) is 0. The van der Waals surface area contributed by atoms with Crippen LogP contribution in [0, 0.1) is 19.7 Å². The number of aromatic nitrogens is 3. The number of thiophene rings is 1. The Hall–Kier alpha value is -2.86. The van der Waals surface area contributed by atoms with E-state index >= 15 is 0 Å². The van der Waals surface area contributed by atoms with Crippen LogP contribution in [0.4, 0.5) is 4.39 Å². The van der Waals surface area contributed by atoms with E-state index in [2.05, 4.69) is 15.0 Å². The summed E-state index contributed by atoms with van der Waals surface area (Å²) in [6.07, 6.45) is 0. The van der Waals surface area contributed by atoms with Crippen molar-refractivity contribution < 1.29 is 4.39 Å². The van der Waals surface area contributed by atoms with Gasteiger partial charge in [-0.1, -0.05) is 18.2 Å². The summed E-state index contributed by atoms with van der Waals surface area (Å²) in [5.74, 6) is 0.147. The first-order valence-electron chi connectivity index (χ1n) is 7.76. The monoisotopic (exact) mass is 351 g/mol. The zero-order valence-corrected chi connectivity index (χ0v) is 14.4. The van der Waals surface area contributed by atoms with Gasteiger partial charge in [0.25, 0.3) is 5.56 Å². The van der Waals surface area contributed by atoms with Crippen molar-refractivity contribution in [2.75, 3.05) is 0 Å². The lowest BCUT2D eigenvalue weighted by Crippen LogP contribution is -2.09. The Balaban J connectivity index is 1.95. The molecule has 3 heterocycles. The lowest BCUT2D eigenvalue weighted by molar-refractivity contribution is 0.628. The van der Waals surface area contributed by atoms with Crippen LogP contribution in [0.1, 0.15) is 10.6 Å². The predicted octanol–water partition coefficient (Wildman–Crippen LogP) is 4.47. The first-order chi connectivity index (χ1) is 12.0. The Labute approximate surface area is 147 Å². The number of aromatic amines is 1. The maximum atomic E-state index is 13.2. The molecule has 6 heteroatoms. The van der Waals surface area contributed by atoms with Gasteiger partial charge in [0.15, 0.2) is 5.82 Å². The number of nitrogens with zero attached hydrogens (tertiary/aromatic N) is 2. The number of aryl methyl sites for hydroxylation is 2. The molecule has 0 bridgehead atoms. The summed E-state index contributed by atoms with van der Waals surface area (Å²) in [6, 6.07) is 11.7. The highest BCUT2D eigenvalue weighted by molar-refractivity contribution is 7.19. The van der Waals surface area contributed by atoms with E-state index in [1.807, 2.05) is 32.0 Å². The van der Waals surface area contributed by atoms with Crippen molar-refractivity contribution in [1.82, 2.24) is 15.0 Å². The maximum Gasteiger partial charge on any atom is 0.260 e. The van der Waals surface area contributed by atoms with E-state index in [-0.39, 0.29) is 11.4 Å². The third kappa shape index (κ3) is 2.74. The van der Waals surface area contributed by atoms with Gasteiger partial charge < -0.3 is 4.98 Å². The number of fused-ring (bicyclic) bond motifs is 1. The van der Waals surface area contributed by atoms with Gasteiger partial charge in [-0.15, -0.1) is 11.3 Å². The minimum absolute atomic E-state index is 0.216. The van der Waals surface area contributed by atoms with Gasteiger partial charge in [0.1, 0.15) is 16.3 Å². The standard InChI is InChI=1S/C19H14FN3OS/c1-10-4-3-5-14(21-10)17-22-18(24)16-15(11(2)25-19(16)23-17)12-6-8-13(20)9-7-12/h3-9H,1-2H3,(H,22,23,24). The number of H-pyrrole nitrogens is 1. The van der Waals surface area contributed by atoms with Crippen molar-refractivity contribution >= 4 is 21.6 Å². The second-order valence-corrected chi connectivity index (χ2v) is 7.00. The van der Waals surface area contributed by atoms with Crippen molar-refractivity contribution in [2.45, 2.75) is 13.8 Å². The molecule has 0 aliphatic carbocycles. The largest absolute Gasteiger partial charge is 0.305 e. The lowest BCUT2D eigenvalue weighted by Gasteiger charge is -2.03. The van der Waals surface area contributed by atoms with E-state index in [0.29, 0.717) is 21.7 Å². The molecular formula is C19H14FN3OS. The fraction of sp³-hybridized carbons (Fsp3) is 0.105. The van der Waals surface area contributed by atoms with Gasteiger partial charge in [0.05, 0.1) is 5.39 Å². The molecule has 0 aliphatic rings. The van der Waals surface area contributed by atoms with Crippen molar-refractivity contribution in [3.05, 3.63) is 69.2 Å². The summed E-state index contributed by atoms with van der Waals surface area (Å²) < 4.78 is 13.2. The molecule has 0 saturated carbocycles. The lowest BCUT2D eigenvalue weighted by atomic mass is 10.0. The summed E-state index contributed by atoms with van der Waals surface area (Å²) in [5.41, 5.74) is 2.88. The highest BCUT2D eigenvalue weighted by Crippen LogP contribution is 2.36. The van der Waals surface area contributed by atoms with Crippen LogP contribution in [-0.2, 0) is 0 Å². The average molecular weight is 351 g/mol. The van der Waals surface area contributed by atoms with Crippen LogP contribution >= 0.6 is 11.3 Å². The maximum absolute atomic E-state index is 13.2. The van der Waals surface area contributed by atoms with Gasteiger partial charge in [-0.2, -0.15) is 0 Å². The van der Waals surface area contributed by atoms with Crippen molar-refractivity contribution in [2.24, 2.45) is 0 Å². The molecule has 0 saturated heterocycles. The number of nitrogens with one attached hydrogen (secondary N) is 1. The number of halogens is 1. The molecule has 0 aliphatic heterocycles. The fourth-order valence-corrected chi connectivity index (χ4v) is 3.93. The molecule has 0 atom stereocenters. The summed E-state index contributed by atoms with van der Waals surface area (Å²) in [5, 5.41) is 0.533. The summed E-state index contributed by atoms with van der Waals surface area (Å²) in [6.45, 7) is 3.83. The second kappa shape index (κ2) is 5.89. The van der Waals surface area contributed by atoms with Crippen molar-refractivity contribution in [3.63, 3.8) is 0 Å². The van der Waals surface area contributed by atoms with E-state index in [1.54, 1.807) is 12.1 Å². The van der Waals surface area contributed by atoms with E-state index in [0.717, 1.165) is 21.7 Å². The van der Waals surface area contributed by atoms with E-state index in [4.69, 9.17) is 0 Å². The number of benzene rings is 1. The van der Waals surface area contributed by atoms with E-state index < -0.39 is 0 Å². The first kappa shape index (κ1) is 15.7. The molecule has 0 unspecified atom stereocenters. The van der Waals surface area contributed by atoms with Gasteiger partial charge in [-0.25, -0.2) is 14.4 Å². The summed E-state index contributed by atoms with van der Waals surface area (Å²) in [4.78, 5) is 26.2. The topological polar surface area (TPSA) is 58.6 Å². The molecule has 4 rings (SSSR count). The highest BCUT2D eigenvalue weighted by atomic mass is 32.1. The van der Waals surface area contributed by atoms with Gasteiger partial charge in [-0.05, 0) is 43.7 Å². The van der Waals surface area contributed by atoms with Gasteiger partial charge in [0.2, 0.25) is 0 Å². The molecule has 0 spiro atoms. The molecule has 4 aromatic rings. The van der Waals surface area contributed by atoms with Crippen LogP contribution in [0.25, 0.3) is 32.9 Å². The minimum atomic E-state index is -0.305. The molecule has 1 aromatic carbocycles. The van der Waals surface area contributed by atoms with Crippen LogP contribution < -0.4 is 5.56 Å². The quantitative estimate of drug-likeness (QED) is 0.580. The van der Waals surface area contributed by atoms with Gasteiger partial charge in [0, 0.05) is 16.1 Å². The molecule has 25 heavy (non-hydrogen) atoms. The van der Waals surface area contributed by atoms with Gasteiger partial charge in [-0.3, -0.25) is 4.79 Å². The smallest absolute Gasteiger partial charge is 0.260 e. The summed E-state index contributed by atoms with van der Waals surface area (Å²) >= 11 is 1.45. The number of hydrogen-bond donors (Lipinski definition) is 1. The first-order valence-corrected chi connectivity index (χ1v) is 8.58. The van der Waals surface area contributed by atoms with Crippen LogP contribution in [0.2, 0.25) is 0 Å². The minimum Gasteiger partial charge on any atom is -0.305 e. The number of hydrogen-bond acceptors (Lipinski definition) is 4. The molecule has 3 aromatic heterocycles. The van der Waals surface area contributed by atoms with Crippen LogP contribution in [0.15, 0.2) is 47.3 Å². The SMILES string of the molecule is Cc1cccc(-c2nc3sc(C)c(-c4ccc(F)cc4)c3c(=O)[nH]2)n1. The highest BCUT2D eigenvalue weighted by Gasteiger charge is 2.17. The fourth-order valence-electron chi connectivity index (χ4n) is 2.88. The molecule has 124 valence electrons. The third-order valence-corrected chi connectivity index (χ3v) is 5.00. The zero-order valence-electron chi connectivity index (χ0n) is 13.6. The molecule has 0 radical (unpaired) electrons. The Kier molecular flexibility index (Phi) is 3.69. The van der Waals surface area contributed by atoms with Gasteiger partial charge >= 0.3 is 0 Å². The normalized spacial score (nSPS) is 11.2. The average Bonchev–Trinajstić information content (AvgIpc) is 2.92. The Morgan fingerprint density at radius 2 is 1.80 bits per heavy atom. The van der Waals surface area contributed by atoms with Crippen molar-refractivity contribution in [3.8, 4) is 22.6 Å². The number of rotatable bonds is 2. The molecule has 4 nitrogen and oxygen atoms in total. The Bertz CT molecular complexity index is 1150. The molecule has 0 fully saturated rings. The van der Waals surface area contributed by atoms with Crippen molar-refractivity contribution in [1.29, 1.82) is 0 Å². The number of pyridine rings is 1.